The molecule has 4 N–H and O–H groups in total. The van der Waals surface area contributed by atoms with Crippen molar-refractivity contribution in [1.82, 2.24) is 10.2 Å². The van der Waals surface area contributed by atoms with Crippen molar-refractivity contribution in [1.29, 1.82) is 0 Å². The van der Waals surface area contributed by atoms with Gasteiger partial charge in [-0.05, 0) is 32.4 Å². The SMILES string of the molecule is CC(O)CC(C)Nc1ccc(N)nn1. The quantitative estimate of drug-likeness (QED) is 0.657. The van der Waals surface area contributed by atoms with E-state index in [0.717, 1.165) is 0 Å². The standard InChI is InChI=1S/C9H16N4O/c1-6(5-7(2)14)11-9-4-3-8(10)12-13-9/h3-4,6-7,14H,5H2,1-2H3,(H2,10,12)(H,11,13). The molecule has 0 aliphatic heterocycles. The second-order valence-electron chi connectivity index (χ2n) is 3.47. The van der Waals surface area contributed by atoms with Crippen LogP contribution in [-0.4, -0.2) is 27.4 Å². The summed E-state index contributed by atoms with van der Waals surface area (Å²) in [6.07, 6.45) is 0.353. The van der Waals surface area contributed by atoms with Gasteiger partial charge in [0.05, 0.1) is 6.10 Å². The highest BCUT2D eigenvalue weighted by Gasteiger charge is 2.06. The first kappa shape index (κ1) is 10.7. The van der Waals surface area contributed by atoms with E-state index in [4.69, 9.17) is 10.8 Å². The Hall–Kier alpha value is -1.36. The van der Waals surface area contributed by atoms with Gasteiger partial charge in [-0.3, -0.25) is 0 Å². The molecule has 0 aromatic carbocycles. The molecule has 2 atom stereocenters. The molecule has 1 rings (SSSR count). The van der Waals surface area contributed by atoms with Crippen LogP contribution >= 0.6 is 0 Å². The van der Waals surface area contributed by atoms with Gasteiger partial charge in [0, 0.05) is 6.04 Å². The van der Waals surface area contributed by atoms with E-state index in [-0.39, 0.29) is 12.1 Å². The fourth-order valence-corrected chi connectivity index (χ4v) is 1.24. The van der Waals surface area contributed by atoms with Gasteiger partial charge in [-0.2, -0.15) is 0 Å². The average molecular weight is 196 g/mol. The van der Waals surface area contributed by atoms with Crippen molar-refractivity contribution >= 4 is 11.6 Å². The summed E-state index contributed by atoms with van der Waals surface area (Å²) in [6.45, 7) is 3.73. The zero-order valence-corrected chi connectivity index (χ0v) is 8.44. The summed E-state index contributed by atoms with van der Waals surface area (Å²) in [6, 6.07) is 3.61. The molecular weight excluding hydrogens is 180 g/mol. The molecular formula is C9H16N4O. The molecule has 0 fully saturated rings. The van der Waals surface area contributed by atoms with Gasteiger partial charge in [0.15, 0.2) is 0 Å². The molecule has 2 unspecified atom stereocenters. The lowest BCUT2D eigenvalue weighted by atomic mass is 10.1. The van der Waals surface area contributed by atoms with Crippen LogP contribution in [0.4, 0.5) is 11.6 Å². The molecule has 0 spiro atoms. The number of aliphatic hydroxyl groups is 1. The molecule has 0 radical (unpaired) electrons. The number of rotatable bonds is 4. The number of nitrogens with zero attached hydrogens (tertiary/aromatic N) is 2. The molecule has 5 nitrogen and oxygen atoms in total. The van der Waals surface area contributed by atoms with Crippen LogP contribution in [0.3, 0.4) is 0 Å². The van der Waals surface area contributed by atoms with Crippen LogP contribution < -0.4 is 11.1 Å². The highest BCUT2D eigenvalue weighted by Crippen LogP contribution is 2.07. The lowest BCUT2D eigenvalue weighted by Crippen LogP contribution is -2.21. The lowest BCUT2D eigenvalue weighted by molar-refractivity contribution is 0.179. The number of nitrogen functional groups attached to an aromatic ring is 1. The first-order valence-corrected chi connectivity index (χ1v) is 4.61. The van der Waals surface area contributed by atoms with Crippen molar-refractivity contribution in [2.45, 2.75) is 32.4 Å². The van der Waals surface area contributed by atoms with Crippen molar-refractivity contribution in [2.75, 3.05) is 11.1 Å². The summed E-state index contributed by atoms with van der Waals surface area (Å²) >= 11 is 0. The minimum atomic E-state index is -0.320. The van der Waals surface area contributed by atoms with E-state index in [1.54, 1.807) is 19.1 Å². The number of hydrogen-bond donors (Lipinski definition) is 3. The van der Waals surface area contributed by atoms with Gasteiger partial charge in [-0.25, -0.2) is 0 Å². The second-order valence-corrected chi connectivity index (χ2v) is 3.47. The Morgan fingerprint density at radius 3 is 2.64 bits per heavy atom. The van der Waals surface area contributed by atoms with Crippen LogP contribution in [0.1, 0.15) is 20.3 Å². The van der Waals surface area contributed by atoms with Gasteiger partial charge in [-0.1, -0.05) is 0 Å². The van der Waals surface area contributed by atoms with Gasteiger partial charge >= 0.3 is 0 Å². The van der Waals surface area contributed by atoms with E-state index in [1.807, 2.05) is 6.92 Å². The molecule has 0 aliphatic rings. The average Bonchev–Trinajstić information content (AvgIpc) is 2.07. The molecule has 5 heteroatoms. The first-order chi connectivity index (χ1) is 6.58. The maximum absolute atomic E-state index is 9.15. The highest BCUT2D eigenvalue weighted by atomic mass is 16.3. The van der Waals surface area contributed by atoms with Crippen LogP contribution in [-0.2, 0) is 0 Å². The number of nitrogens with one attached hydrogen (secondary N) is 1. The molecule has 0 saturated heterocycles. The maximum atomic E-state index is 9.15. The Morgan fingerprint density at radius 2 is 2.14 bits per heavy atom. The fraction of sp³-hybridized carbons (Fsp3) is 0.556. The summed E-state index contributed by atoms with van der Waals surface area (Å²) in [5.41, 5.74) is 5.40. The number of nitrogens with two attached hydrogens (primary N) is 1. The van der Waals surface area contributed by atoms with E-state index < -0.39 is 0 Å². The predicted molar refractivity (Wildman–Crippen MR) is 55.8 cm³/mol. The van der Waals surface area contributed by atoms with Crippen LogP contribution in [0.15, 0.2) is 12.1 Å². The zero-order chi connectivity index (χ0) is 10.6. The summed E-state index contributed by atoms with van der Waals surface area (Å²) in [7, 11) is 0. The number of aromatic nitrogens is 2. The molecule has 0 aliphatic carbocycles. The summed E-state index contributed by atoms with van der Waals surface area (Å²) in [4.78, 5) is 0. The fourth-order valence-electron chi connectivity index (χ4n) is 1.24. The van der Waals surface area contributed by atoms with E-state index in [0.29, 0.717) is 18.1 Å². The Kier molecular flexibility index (Phi) is 3.64. The van der Waals surface area contributed by atoms with Gasteiger partial charge in [0.1, 0.15) is 11.6 Å². The van der Waals surface area contributed by atoms with E-state index >= 15 is 0 Å². The number of aliphatic hydroxyl groups excluding tert-OH is 1. The maximum Gasteiger partial charge on any atom is 0.149 e. The highest BCUT2D eigenvalue weighted by molar-refractivity contribution is 5.38. The van der Waals surface area contributed by atoms with Crippen LogP contribution in [0, 0.1) is 0 Å². The van der Waals surface area contributed by atoms with E-state index in [2.05, 4.69) is 15.5 Å². The van der Waals surface area contributed by atoms with E-state index in [9.17, 15) is 0 Å². The minimum absolute atomic E-state index is 0.160. The third-order valence-electron chi connectivity index (χ3n) is 1.77. The first-order valence-electron chi connectivity index (χ1n) is 4.61. The molecule has 14 heavy (non-hydrogen) atoms. The van der Waals surface area contributed by atoms with Crippen LogP contribution in [0.2, 0.25) is 0 Å². The monoisotopic (exact) mass is 196 g/mol. The lowest BCUT2D eigenvalue weighted by Gasteiger charge is -2.15. The van der Waals surface area contributed by atoms with Crippen molar-refractivity contribution < 1.29 is 5.11 Å². The van der Waals surface area contributed by atoms with Crippen molar-refractivity contribution in [2.24, 2.45) is 0 Å². The normalized spacial score (nSPS) is 14.8. The van der Waals surface area contributed by atoms with Gasteiger partial charge in [-0.15, -0.1) is 10.2 Å². The number of anilines is 2. The molecule has 0 bridgehead atoms. The van der Waals surface area contributed by atoms with Gasteiger partial charge < -0.3 is 16.2 Å². The molecule has 0 saturated carbocycles. The van der Waals surface area contributed by atoms with E-state index in [1.165, 1.54) is 0 Å². The third-order valence-corrected chi connectivity index (χ3v) is 1.77. The summed E-state index contributed by atoms with van der Waals surface area (Å²) in [5.74, 6) is 1.08. The van der Waals surface area contributed by atoms with Gasteiger partial charge in [0.25, 0.3) is 0 Å². The van der Waals surface area contributed by atoms with Crippen molar-refractivity contribution in [3.63, 3.8) is 0 Å². The third kappa shape index (κ3) is 3.57. The minimum Gasteiger partial charge on any atom is -0.393 e. The Balaban J connectivity index is 2.47. The summed E-state index contributed by atoms with van der Waals surface area (Å²) < 4.78 is 0. The smallest absolute Gasteiger partial charge is 0.149 e. The largest absolute Gasteiger partial charge is 0.393 e. The summed E-state index contributed by atoms with van der Waals surface area (Å²) in [5, 5.41) is 19.8. The Labute approximate surface area is 83.3 Å². The molecule has 0 amide bonds. The Morgan fingerprint density at radius 1 is 1.43 bits per heavy atom. The molecule has 78 valence electrons. The topological polar surface area (TPSA) is 84.1 Å². The van der Waals surface area contributed by atoms with Crippen molar-refractivity contribution in [3.8, 4) is 0 Å². The second kappa shape index (κ2) is 4.76. The predicted octanol–water partition coefficient (Wildman–Crippen LogP) is 0.630. The van der Waals surface area contributed by atoms with Crippen LogP contribution in [0.5, 0.6) is 0 Å². The molecule has 1 aromatic heterocycles. The molecule has 1 aromatic rings. The zero-order valence-electron chi connectivity index (χ0n) is 8.44. The van der Waals surface area contributed by atoms with Crippen LogP contribution in [0.25, 0.3) is 0 Å². The van der Waals surface area contributed by atoms with Gasteiger partial charge in [0.2, 0.25) is 0 Å². The molecule has 1 heterocycles. The Bertz CT molecular complexity index is 273. The van der Waals surface area contributed by atoms with Crippen molar-refractivity contribution in [3.05, 3.63) is 12.1 Å². The number of hydrogen-bond acceptors (Lipinski definition) is 5.